The van der Waals surface area contributed by atoms with Gasteiger partial charge in [-0.15, -0.1) is 0 Å². The van der Waals surface area contributed by atoms with Gasteiger partial charge in [0.2, 0.25) is 0 Å². The average molecular weight is 793 g/mol. The Kier molecular flexibility index (Phi) is 41.8. The van der Waals surface area contributed by atoms with Gasteiger partial charge in [0.15, 0.2) is 6.10 Å². The van der Waals surface area contributed by atoms with E-state index in [4.69, 9.17) is 14.2 Å². The summed E-state index contributed by atoms with van der Waals surface area (Å²) in [4.78, 5) is 37.8. The normalized spacial score (nSPS) is 12.5. The highest BCUT2D eigenvalue weighted by atomic mass is 16.6. The molecule has 0 saturated heterocycles. The maximum Gasteiger partial charge on any atom is 0.306 e. The van der Waals surface area contributed by atoms with E-state index < -0.39 is 6.10 Å². The Morgan fingerprint density at radius 3 is 1.02 bits per heavy atom. The quantitative estimate of drug-likeness (QED) is 0.0347. The number of carbonyl (C=O) groups is 3. The molecule has 0 rings (SSSR count). The monoisotopic (exact) mass is 793 g/mol. The molecular formula is C50H96O6. The average Bonchev–Trinajstić information content (AvgIpc) is 3.18. The van der Waals surface area contributed by atoms with E-state index in [9.17, 15) is 14.4 Å². The van der Waals surface area contributed by atoms with E-state index in [0.717, 1.165) is 69.6 Å². The van der Waals surface area contributed by atoms with Crippen molar-refractivity contribution in [2.75, 3.05) is 13.2 Å². The minimum atomic E-state index is -0.762. The number of hydrogen-bond donors (Lipinski definition) is 0. The first-order valence-electron chi connectivity index (χ1n) is 24.8. The Bertz CT molecular complexity index is 856. The lowest BCUT2D eigenvalue weighted by atomic mass is 9.99. The van der Waals surface area contributed by atoms with Gasteiger partial charge in [-0.1, -0.05) is 234 Å². The molecule has 0 N–H and O–H groups in total. The number of hydrogen-bond acceptors (Lipinski definition) is 6. The zero-order valence-corrected chi connectivity index (χ0v) is 38.3. The van der Waals surface area contributed by atoms with E-state index >= 15 is 0 Å². The number of unbranched alkanes of at least 4 members (excludes halogenated alkanes) is 28. The van der Waals surface area contributed by atoms with Crippen LogP contribution in [0.3, 0.4) is 0 Å². The predicted octanol–water partition coefficient (Wildman–Crippen LogP) is 15.8. The predicted molar refractivity (Wildman–Crippen MR) is 238 cm³/mol. The Morgan fingerprint density at radius 1 is 0.375 bits per heavy atom. The second-order valence-electron chi connectivity index (χ2n) is 17.8. The fraction of sp³-hybridized carbons (Fsp3) is 0.940. The van der Waals surface area contributed by atoms with Gasteiger partial charge in [0.25, 0.3) is 0 Å². The van der Waals surface area contributed by atoms with Gasteiger partial charge in [0.1, 0.15) is 13.2 Å². The maximum absolute atomic E-state index is 12.7. The number of ether oxygens (including phenoxy) is 3. The van der Waals surface area contributed by atoms with Crippen LogP contribution in [0.15, 0.2) is 0 Å². The van der Waals surface area contributed by atoms with Crippen LogP contribution < -0.4 is 0 Å². The van der Waals surface area contributed by atoms with Crippen molar-refractivity contribution in [1.82, 2.24) is 0 Å². The van der Waals surface area contributed by atoms with E-state index in [1.807, 2.05) is 0 Å². The van der Waals surface area contributed by atoms with E-state index in [0.29, 0.717) is 19.3 Å². The van der Waals surface area contributed by atoms with Gasteiger partial charge < -0.3 is 14.2 Å². The third kappa shape index (κ3) is 42.0. The highest BCUT2D eigenvalue weighted by molar-refractivity contribution is 5.71. The summed E-state index contributed by atoms with van der Waals surface area (Å²) in [7, 11) is 0. The largest absolute Gasteiger partial charge is 0.462 e. The third-order valence-electron chi connectivity index (χ3n) is 11.6. The smallest absolute Gasteiger partial charge is 0.306 e. The van der Waals surface area contributed by atoms with Crippen LogP contribution >= 0.6 is 0 Å². The summed E-state index contributed by atoms with van der Waals surface area (Å²) in [6, 6.07) is 0. The summed E-state index contributed by atoms with van der Waals surface area (Å²) in [5, 5.41) is 0. The molecule has 0 aromatic rings. The van der Waals surface area contributed by atoms with E-state index in [2.05, 4.69) is 34.6 Å². The lowest BCUT2D eigenvalue weighted by Gasteiger charge is -2.18. The lowest BCUT2D eigenvalue weighted by molar-refractivity contribution is -0.167. The van der Waals surface area contributed by atoms with Crippen LogP contribution in [-0.4, -0.2) is 37.2 Å². The molecule has 56 heavy (non-hydrogen) atoms. The third-order valence-corrected chi connectivity index (χ3v) is 11.6. The Hall–Kier alpha value is -1.59. The molecule has 332 valence electrons. The van der Waals surface area contributed by atoms with Crippen molar-refractivity contribution in [3.05, 3.63) is 0 Å². The Morgan fingerprint density at radius 2 is 0.679 bits per heavy atom. The summed E-state index contributed by atoms with van der Waals surface area (Å²) in [5.74, 6) is 0.772. The van der Waals surface area contributed by atoms with Gasteiger partial charge in [-0.25, -0.2) is 0 Å². The van der Waals surface area contributed by atoms with Crippen LogP contribution in [0.2, 0.25) is 0 Å². The summed E-state index contributed by atoms with van der Waals surface area (Å²) in [5.41, 5.74) is 0. The minimum absolute atomic E-state index is 0.0652. The summed E-state index contributed by atoms with van der Waals surface area (Å²) < 4.78 is 16.8. The van der Waals surface area contributed by atoms with Crippen molar-refractivity contribution in [1.29, 1.82) is 0 Å². The molecule has 0 aliphatic heterocycles. The first-order chi connectivity index (χ1) is 27.3. The molecule has 0 radical (unpaired) electrons. The van der Waals surface area contributed by atoms with Crippen LogP contribution in [0, 0.1) is 11.8 Å². The number of esters is 3. The zero-order chi connectivity index (χ0) is 41.2. The van der Waals surface area contributed by atoms with Crippen LogP contribution in [-0.2, 0) is 28.6 Å². The molecule has 0 heterocycles. The van der Waals surface area contributed by atoms with Crippen LogP contribution in [0.5, 0.6) is 0 Å². The molecule has 0 aromatic carbocycles. The topological polar surface area (TPSA) is 78.9 Å². The van der Waals surface area contributed by atoms with Crippen molar-refractivity contribution in [3.63, 3.8) is 0 Å². The van der Waals surface area contributed by atoms with Crippen LogP contribution in [0.1, 0.15) is 272 Å². The second-order valence-corrected chi connectivity index (χ2v) is 17.8. The van der Waals surface area contributed by atoms with Gasteiger partial charge in [-0.05, 0) is 31.1 Å². The summed E-state index contributed by atoms with van der Waals surface area (Å²) in [6.07, 6.45) is 42.4. The highest BCUT2D eigenvalue weighted by Gasteiger charge is 2.19. The Balaban J connectivity index is 4.27. The fourth-order valence-corrected chi connectivity index (χ4v) is 7.43. The van der Waals surface area contributed by atoms with Crippen molar-refractivity contribution >= 4 is 17.9 Å². The molecule has 0 fully saturated rings. The van der Waals surface area contributed by atoms with Crippen molar-refractivity contribution in [3.8, 4) is 0 Å². The van der Waals surface area contributed by atoms with Crippen LogP contribution in [0.4, 0.5) is 0 Å². The Labute approximate surface area is 348 Å². The second kappa shape index (κ2) is 43.0. The van der Waals surface area contributed by atoms with Gasteiger partial charge in [0.05, 0.1) is 0 Å². The molecule has 6 nitrogen and oxygen atoms in total. The summed E-state index contributed by atoms with van der Waals surface area (Å²) in [6.45, 7) is 11.3. The maximum atomic E-state index is 12.7. The molecule has 0 aliphatic carbocycles. The molecule has 0 bridgehead atoms. The molecule has 0 aliphatic rings. The molecule has 0 aromatic heterocycles. The first-order valence-corrected chi connectivity index (χ1v) is 24.8. The van der Waals surface area contributed by atoms with Crippen molar-refractivity contribution in [2.45, 2.75) is 278 Å². The van der Waals surface area contributed by atoms with Gasteiger partial charge in [0, 0.05) is 19.3 Å². The number of carbonyl (C=O) groups excluding carboxylic acids is 3. The van der Waals surface area contributed by atoms with Gasteiger partial charge in [-0.3, -0.25) is 14.4 Å². The van der Waals surface area contributed by atoms with Crippen molar-refractivity contribution in [2.24, 2.45) is 11.8 Å². The molecule has 0 amide bonds. The standard InChI is InChI=1S/C50H96O6/c1-6-8-9-10-11-12-13-14-15-16-17-21-24-30-35-40-48(51)54-43-47(56-50(53)42-37-32-27-26-28-33-38-45(3)4)44-55-49(52)41-36-31-25-22-19-18-20-23-29-34-39-46(5)7-2/h45-47H,6-44H2,1-5H3/t46?,47-/m1/s1. The zero-order valence-electron chi connectivity index (χ0n) is 38.3. The molecule has 2 atom stereocenters. The highest BCUT2D eigenvalue weighted by Crippen LogP contribution is 2.17. The van der Waals surface area contributed by atoms with Gasteiger partial charge >= 0.3 is 17.9 Å². The molecular weight excluding hydrogens is 697 g/mol. The molecule has 0 spiro atoms. The van der Waals surface area contributed by atoms with E-state index in [-0.39, 0.29) is 31.1 Å². The fourth-order valence-electron chi connectivity index (χ4n) is 7.43. The van der Waals surface area contributed by atoms with Crippen molar-refractivity contribution < 1.29 is 28.6 Å². The SMILES string of the molecule is CCCCCCCCCCCCCCCCCC(=O)OC[C@H](COC(=O)CCCCCCCCCCCCC(C)CC)OC(=O)CCCCCCCCC(C)C. The van der Waals surface area contributed by atoms with E-state index in [1.54, 1.807) is 0 Å². The van der Waals surface area contributed by atoms with E-state index in [1.165, 1.54) is 161 Å². The number of rotatable bonds is 44. The van der Waals surface area contributed by atoms with Gasteiger partial charge in [-0.2, -0.15) is 0 Å². The first kappa shape index (κ1) is 54.4. The summed E-state index contributed by atoms with van der Waals surface area (Å²) >= 11 is 0. The molecule has 1 unspecified atom stereocenters. The molecule has 0 saturated carbocycles. The lowest BCUT2D eigenvalue weighted by Crippen LogP contribution is -2.30. The minimum Gasteiger partial charge on any atom is -0.462 e. The van der Waals surface area contributed by atoms with Crippen LogP contribution in [0.25, 0.3) is 0 Å². The molecule has 6 heteroatoms.